The molecule has 0 aliphatic heterocycles. The van der Waals surface area contributed by atoms with Crippen LogP contribution in [0.4, 0.5) is 0 Å². The molecule has 0 aliphatic rings. The summed E-state index contributed by atoms with van der Waals surface area (Å²) in [7, 11) is 0. The van der Waals surface area contributed by atoms with E-state index in [1.54, 1.807) is 0 Å². The number of nitrogens with one attached hydrogen (secondary N) is 1. The maximum Gasteiger partial charge on any atom is 0.0932 e. The van der Waals surface area contributed by atoms with Crippen LogP contribution in [0.3, 0.4) is 0 Å². The largest absolute Gasteiger partial charge is 0.272 e. The van der Waals surface area contributed by atoms with Gasteiger partial charge >= 0.3 is 0 Å². The lowest BCUT2D eigenvalue weighted by Crippen LogP contribution is -1.80. The predicted octanol–water partition coefficient (Wildman–Crippen LogP) is 4.03. The summed E-state index contributed by atoms with van der Waals surface area (Å²) in [4.78, 5) is 0. The number of thiol groups is 1. The first-order valence-corrected chi connectivity index (χ1v) is 6.18. The smallest absolute Gasteiger partial charge is 0.0932 e. The molecule has 88 valence electrons. The van der Waals surface area contributed by atoms with Crippen LogP contribution in [0.25, 0.3) is 22.4 Å². The third-order valence-electron chi connectivity index (χ3n) is 2.85. The van der Waals surface area contributed by atoms with Gasteiger partial charge in [0.05, 0.1) is 10.7 Å². The fraction of sp³-hybridized carbons (Fsp3) is 0. The monoisotopic (exact) mass is 252 g/mol. The van der Waals surface area contributed by atoms with Gasteiger partial charge in [-0.3, -0.25) is 5.10 Å². The lowest BCUT2D eigenvalue weighted by molar-refractivity contribution is 1.01. The Balaban J connectivity index is 1.94. The van der Waals surface area contributed by atoms with Gasteiger partial charge in [0.25, 0.3) is 0 Å². The molecule has 0 saturated heterocycles. The zero-order chi connectivity index (χ0) is 12.4. The third-order valence-corrected chi connectivity index (χ3v) is 3.08. The molecule has 0 radical (unpaired) electrons. The molecule has 0 fully saturated rings. The van der Waals surface area contributed by atoms with E-state index in [9.17, 15) is 0 Å². The van der Waals surface area contributed by atoms with Crippen LogP contribution < -0.4 is 0 Å². The Bertz CT molecular complexity index is 642. The van der Waals surface area contributed by atoms with Gasteiger partial charge in [-0.1, -0.05) is 54.6 Å². The molecule has 3 rings (SSSR count). The summed E-state index contributed by atoms with van der Waals surface area (Å²) in [6.07, 6.45) is 0. The Labute approximate surface area is 111 Å². The van der Waals surface area contributed by atoms with E-state index in [0.29, 0.717) is 0 Å². The number of hydrogen-bond acceptors (Lipinski definition) is 2. The number of benzene rings is 2. The Hall–Kier alpha value is -2.00. The zero-order valence-electron chi connectivity index (χ0n) is 9.67. The average Bonchev–Trinajstić information content (AvgIpc) is 2.87. The van der Waals surface area contributed by atoms with Crippen molar-refractivity contribution in [1.29, 1.82) is 0 Å². The molecule has 0 unspecified atom stereocenters. The predicted molar refractivity (Wildman–Crippen MR) is 76.7 cm³/mol. The number of rotatable bonds is 2. The van der Waals surface area contributed by atoms with E-state index in [2.05, 4.69) is 59.2 Å². The van der Waals surface area contributed by atoms with E-state index >= 15 is 0 Å². The molecule has 1 N–H and O–H groups in total. The van der Waals surface area contributed by atoms with Crippen LogP contribution in [-0.4, -0.2) is 10.2 Å². The summed E-state index contributed by atoms with van der Waals surface area (Å²) in [5.74, 6) is 0. The molecule has 0 aliphatic carbocycles. The van der Waals surface area contributed by atoms with Crippen molar-refractivity contribution in [3.05, 3.63) is 60.7 Å². The Kier molecular flexibility index (Phi) is 2.90. The summed E-state index contributed by atoms with van der Waals surface area (Å²) < 4.78 is 0. The lowest BCUT2D eigenvalue weighted by atomic mass is 10.0. The van der Waals surface area contributed by atoms with Crippen LogP contribution in [-0.2, 0) is 0 Å². The van der Waals surface area contributed by atoms with Crippen LogP contribution in [0.5, 0.6) is 0 Å². The van der Waals surface area contributed by atoms with Crippen molar-refractivity contribution >= 4 is 12.6 Å². The number of H-pyrrole nitrogens is 1. The van der Waals surface area contributed by atoms with Gasteiger partial charge in [0, 0.05) is 5.56 Å². The molecule has 0 amide bonds. The van der Waals surface area contributed by atoms with Gasteiger partial charge in [-0.05, 0) is 17.2 Å². The van der Waals surface area contributed by atoms with Crippen LogP contribution in [0.15, 0.2) is 65.7 Å². The molecule has 2 nitrogen and oxygen atoms in total. The second kappa shape index (κ2) is 4.70. The minimum Gasteiger partial charge on any atom is -0.272 e. The molecule has 0 bridgehead atoms. The van der Waals surface area contributed by atoms with Crippen LogP contribution in [0.2, 0.25) is 0 Å². The topological polar surface area (TPSA) is 28.7 Å². The fourth-order valence-corrected chi connectivity index (χ4v) is 2.10. The highest BCUT2D eigenvalue weighted by Crippen LogP contribution is 2.24. The van der Waals surface area contributed by atoms with E-state index in [4.69, 9.17) is 0 Å². The summed E-state index contributed by atoms with van der Waals surface area (Å²) >= 11 is 4.21. The summed E-state index contributed by atoms with van der Waals surface area (Å²) in [5.41, 5.74) is 4.44. The van der Waals surface area contributed by atoms with Crippen molar-refractivity contribution in [2.24, 2.45) is 0 Å². The van der Waals surface area contributed by atoms with Crippen molar-refractivity contribution in [1.82, 2.24) is 10.2 Å². The number of aromatic amines is 1. The molecule has 3 aromatic rings. The van der Waals surface area contributed by atoms with Gasteiger partial charge < -0.3 is 0 Å². The third kappa shape index (κ3) is 2.17. The van der Waals surface area contributed by atoms with Crippen molar-refractivity contribution in [2.45, 2.75) is 5.03 Å². The standard InChI is InChI=1S/C15H12N2S/c18-15-10-14(16-17-15)13-8-6-12(7-9-13)11-4-2-1-3-5-11/h1-10H,(H2,16,17,18). The Morgan fingerprint density at radius 2 is 1.39 bits per heavy atom. The minimum absolute atomic E-state index is 0.775. The fourth-order valence-electron chi connectivity index (χ4n) is 1.92. The second-order valence-corrected chi connectivity index (χ2v) is 4.56. The van der Waals surface area contributed by atoms with E-state index in [-0.39, 0.29) is 0 Å². The first-order valence-electron chi connectivity index (χ1n) is 5.73. The maximum atomic E-state index is 4.21. The van der Waals surface area contributed by atoms with E-state index in [1.165, 1.54) is 11.1 Å². The highest BCUT2D eigenvalue weighted by molar-refractivity contribution is 7.80. The molecule has 3 heteroatoms. The molecule has 18 heavy (non-hydrogen) atoms. The molecule has 0 saturated carbocycles. The Morgan fingerprint density at radius 3 is 2.00 bits per heavy atom. The molecule has 1 aromatic heterocycles. The first kappa shape index (κ1) is 11.1. The maximum absolute atomic E-state index is 4.21. The molecular weight excluding hydrogens is 240 g/mol. The summed E-state index contributed by atoms with van der Waals surface area (Å²) in [6, 6.07) is 20.6. The average molecular weight is 252 g/mol. The molecule has 2 aromatic carbocycles. The highest BCUT2D eigenvalue weighted by Gasteiger charge is 2.02. The molecular formula is C15H12N2S. The van der Waals surface area contributed by atoms with E-state index in [0.717, 1.165) is 16.3 Å². The van der Waals surface area contributed by atoms with Gasteiger partial charge in [0.1, 0.15) is 0 Å². The normalized spacial score (nSPS) is 10.5. The van der Waals surface area contributed by atoms with Gasteiger partial charge in [-0.2, -0.15) is 5.10 Å². The number of hydrogen-bond donors (Lipinski definition) is 2. The van der Waals surface area contributed by atoms with Crippen molar-refractivity contribution < 1.29 is 0 Å². The van der Waals surface area contributed by atoms with Crippen molar-refractivity contribution in [3.63, 3.8) is 0 Å². The van der Waals surface area contributed by atoms with Crippen LogP contribution >= 0.6 is 12.6 Å². The first-order chi connectivity index (χ1) is 8.83. The van der Waals surface area contributed by atoms with Crippen LogP contribution in [0.1, 0.15) is 0 Å². The van der Waals surface area contributed by atoms with E-state index in [1.807, 2.05) is 24.3 Å². The highest BCUT2D eigenvalue weighted by atomic mass is 32.1. The van der Waals surface area contributed by atoms with Gasteiger partial charge in [-0.15, -0.1) is 12.6 Å². The lowest BCUT2D eigenvalue weighted by Gasteiger charge is -2.02. The minimum atomic E-state index is 0.775. The summed E-state index contributed by atoms with van der Waals surface area (Å²) in [6.45, 7) is 0. The number of nitrogens with zero attached hydrogens (tertiary/aromatic N) is 1. The number of aromatic nitrogens is 2. The Morgan fingerprint density at radius 1 is 0.778 bits per heavy atom. The van der Waals surface area contributed by atoms with E-state index < -0.39 is 0 Å². The van der Waals surface area contributed by atoms with Crippen molar-refractivity contribution in [2.75, 3.05) is 0 Å². The van der Waals surface area contributed by atoms with Gasteiger partial charge in [0.15, 0.2) is 0 Å². The molecule has 0 atom stereocenters. The van der Waals surface area contributed by atoms with Gasteiger partial charge in [-0.25, -0.2) is 0 Å². The van der Waals surface area contributed by atoms with Crippen LogP contribution in [0, 0.1) is 0 Å². The van der Waals surface area contributed by atoms with Gasteiger partial charge in [0.2, 0.25) is 0 Å². The molecule has 0 spiro atoms. The SMILES string of the molecule is Sc1cc(-c2ccc(-c3ccccc3)cc2)n[nH]1. The second-order valence-electron chi connectivity index (χ2n) is 4.08. The quantitative estimate of drug-likeness (QED) is 0.662. The van der Waals surface area contributed by atoms with Crippen molar-refractivity contribution in [3.8, 4) is 22.4 Å². The summed E-state index contributed by atoms with van der Waals surface area (Å²) in [5, 5.41) is 7.79. The molecule has 1 heterocycles. The zero-order valence-corrected chi connectivity index (χ0v) is 10.6.